The number of imidazole rings is 1. The maximum atomic E-state index is 12.6. The van der Waals surface area contributed by atoms with Gasteiger partial charge in [0.05, 0.1) is 17.6 Å². The van der Waals surface area contributed by atoms with Crippen LogP contribution >= 0.6 is 0 Å². The van der Waals surface area contributed by atoms with Crippen molar-refractivity contribution in [3.8, 4) is 0 Å². The van der Waals surface area contributed by atoms with Gasteiger partial charge in [-0.3, -0.25) is 9.78 Å². The first-order valence-electron chi connectivity index (χ1n) is 7.29. The van der Waals surface area contributed by atoms with Gasteiger partial charge in [-0.05, 0) is 30.0 Å². The molecule has 2 radical (unpaired) electrons. The number of hydrogen-bond acceptors (Lipinski definition) is 3. The van der Waals surface area contributed by atoms with Crippen LogP contribution in [0.3, 0.4) is 0 Å². The van der Waals surface area contributed by atoms with Gasteiger partial charge in [-0.2, -0.15) is 0 Å². The number of fused-ring (bicyclic) bond motifs is 2. The van der Waals surface area contributed by atoms with Gasteiger partial charge in [0.1, 0.15) is 13.5 Å². The molecule has 0 aliphatic rings. The number of aryl methyl sites for hydroxylation is 1. The zero-order valence-corrected chi connectivity index (χ0v) is 12.6. The van der Waals surface area contributed by atoms with E-state index >= 15 is 0 Å². The summed E-state index contributed by atoms with van der Waals surface area (Å²) in [5.41, 5.74) is 3.25. The Labute approximate surface area is 133 Å². The summed E-state index contributed by atoms with van der Waals surface area (Å²) in [5, 5.41) is 1.25. The van der Waals surface area contributed by atoms with Crippen molar-refractivity contribution in [1.82, 2.24) is 18.9 Å². The molecule has 4 rings (SSSR count). The van der Waals surface area contributed by atoms with Crippen LogP contribution in [0.5, 0.6) is 0 Å². The highest BCUT2D eigenvalue weighted by atomic mass is 16.1. The molecule has 110 valence electrons. The van der Waals surface area contributed by atoms with Crippen LogP contribution < -0.4 is 11.0 Å². The smallest absolute Gasteiger partial charge is 0.260 e. The highest BCUT2D eigenvalue weighted by Crippen LogP contribution is 2.09. The van der Waals surface area contributed by atoms with Crippen molar-refractivity contribution in [3.63, 3.8) is 0 Å². The molecule has 4 aromatic heterocycles. The van der Waals surface area contributed by atoms with Crippen molar-refractivity contribution in [2.45, 2.75) is 13.5 Å². The molecule has 0 aliphatic carbocycles. The third-order valence-corrected chi connectivity index (χ3v) is 3.91. The summed E-state index contributed by atoms with van der Waals surface area (Å²) in [7, 11) is 5.87. The van der Waals surface area contributed by atoms with Crippen molar-refractivity contribution in [2.75, 3.05) is 0 Å². The van der Waals surface area contributed by atoms with Gasteiger partial charge in [0.2, 0.25) is 0 Å². The molecular formula is C17H13BN4O. The van der Waals surface area contributed by atoms with Crippen LogP contribution in [-0.2, 0) is 6.54 Å². The summed E-state index contributed by atoms with van der Waals surface area (Å²) in [6.07, 6.45) is 8.81. The van der Waals surface area contributed by atoms with Gasteiger partial charge in [0, 0.05) is 31.0 Å². The van der Waals surface area contributed by atoms with Gasteiger partial charge >= 0.3 is 0 Å². The Hall–Kier alpha value is -2.89. The summed E-state index contributed by atoms with van der Waals surface area (Å²) in [4.78, 5) is 21.1. The molecule has 0 unspecified atom stereocenters. The highest BCUT2D eigenvalue weighted by Gasteiger charge is 2.07. The minimum atomic E-state index is -0.115. The number of rotatable bonds is 2. The normalized spacial score (nSPS) is 11.3. The molecule has 0 aliphatic heterocycles. The van der Waals surface area contributed by atoms with Crippen molar-refractivity contribution in [3.05, 3.63) is 70.8 Å². The molecule has 6 heteroatoms. The zero-order chi connectivity index (χ0) is 16.0. The standard InChI is InChI=1S/C17H13BN4O/c1-11-2-3-16-20-12(10-22(16)8-11)9-21-5-4-13-14(17(21)23)6-19-7-15(13)18/h2-8,10H,9H2,1H3. The number of hydrogen-bond donors (Lipinski definition) is 0. The first kappa shape index (κ1) is 13.8. The maximum Gasteiger partial charge on any atom is 0.260 e. The first-order chi connectivity index (χ1) is 11.1. The quantitative estimate of drug-likeness (QED) is 0.523. The fraction of sp³-hybridized carbons (Fsp3) is 0.118. The minimum absolute atomic E-state index is 0.115. The second-order valence-electron chi connectivity index (χ2n) is 5.64. The van der Waals surface area contributed by atoms with Crippen LogP contribution in [0.15, 0.2) is 54.0 Å². The molecule has 5 nitrogen and oxygen atoms in total. The van der Waals surface area contributed by atoms with E-state index in [0.717, 1.165) is 22.3 Å². The van der Waals surface area contributed by atoms with Crippen LogP contribution in [0.2, 0.25) is 0 Å². The first-order valence-corrected chi connectivity index (χ1v) is 7.29. The second-order valence-corrected chi connectivity index (χ2v) is 5.64. The van der Waals surface area contributed by atoms with Gasteiger partial charge < -0.3 is 8.97 Å². The lowest BCUT2D eigenvalue weighted by Crippen LogP contribution is -2.22. The van der Waals surface area contributed by atoms with Gasteiger partial charge in [0.15, 0.2) is 0 Å². The number of aromatic nitrogens is 4. The lowest BCUT2D eigenvalue weighted by molar-refractivity contribution is 0.752. The van der Waals surface area contributed by atoms with Crippen molar-refractivity contribution >= 4 is 29.7 Å². The molecule has 4 heterocycles. The third-order valence-electron chi connectivity index (χ3n) is 3.91. The van der Waals surface area contributed by atoms with E-state index in [4.69, 9.17) is 7.85 Å². The van der Waals surface area contributed by atoms with E-state index in [9.17, 15) is 4.79 Å². The Balaban J connectivity index is 1.79. The Kier molecular flexibility index (Phi) is 3.04. The number of nitrogens with zero attached hydrogens (tertiary/aromatic N) is 4. The van der Waals surface area contributed by atoms with E-state index in [0.29, 0.717) is 17.4 Å². The van der Waals surface area contributed by atoms with Crippen molar-refractivity contribution in [1.29, 1.82) is 0 Å². The Bertz CT molecular complexity index is 1100. The van der Waals surface area contributed by atoms with Gasteiger partial charge in [0.25, 0.3) is 5.56 Å². The van der Waals surface area contributed by atoms with Gasteiger partial charge in [-0.25, -0.2) is 4.98 Å². The molecular weight excluding hydrogens is 287 g/mol. The summed E-state index contributed by atoms with van der Waals surface area (Å²) >= 11 is 0. The molecule has 4 aromatic rings. The molecule has 0 aromatic carbocycles. The Morgan fingerprint density at radius 3 is 2.87 bits per heavy atom. The predicted molar refractivity (Wildman–Crippen MR) is 90.4 cm³/mol. The van der Waals surface area contributed by atoms with E-state index in [1.54, 1.807) is 23.2 Å². The van der Waals surface area contributed by atoms with Crippen LogP contribution in [0.25, 0.3) is 16.4 Å². The molecule has 23 heavy (non-hydrogen) atoms. The summed E-state index contributed by atoms with van der Waals surface area (Å²) in [6, 6.07) is 5.82. The third kappa shape index (κ3) is 2.32. The van der Waals surface area contributed by atoms with E-state index in [-0.39, 0.29) is 5.56 Å². The average molecular weight is 300 g/mol. The van der Waals surface area contributed by atoms with Crippen molar-refractivity contribution in [2.24, 2.45) is 0 Å². The fourth-order valence-corrected chi connectivity index (χ4v) is 2.76. The summed E-state index contributed by atoms with van der Waals surface area (Å²) in [6.45, 7) is 2.44. The average Bonchev–Trinajstić information content (AvgIpc) is 2.92. The van der Waals surface area contributed by atoms with E-state index in [1.165, 1.54) is 0 Å². The topological polar surface area (TPSA) is 52.2 Å². The van der Waals surface area contributed by atoms with Crippen molar-refractivity contribution < 1.29 is 0 Å². The largest absolute Gasteiger partial charge is 0.309 e. The summed E-state index contributed by atoms with van der Waals surface area (Å²) < 4.78 is 3.59. The SMILES string of the molecule is [B]c1cncc2c(=O)n(Cc3cn4cc(C)ccc4n3)ccc12. The Morgan fingerprint density at radius 1 is 1.13 bits per heavy atom. The molecule has 0 spiro atoms. The molecule has 0 saturated carbocycles. The van der Waals surface area contributed by atoms with E-state index in [1.807, 2.05) is 41.9 Å². The van der Waals surface area contributed by atoms with E-state index in [2.05, 4.69) is 9.97 Å². The number of pyridine rings is 3. The fourth-order valence-electron chi connectivity index (χ4n) is 2.76. The molecule has 0 atom stereocenters. The lowest BCUT2D eigenvalue weighted by atomic mass is 9.93. The minimum Gasteiger partial charge on any atom is -0.309 e. The van der Waals surface area contributed by atoms with Crippen LogP contribution in [0.4, 0.5) is 0 Å². The second kappa shape index (κ2) is 5.09. The highest BCUT2D eigenvalue weighted by molar-refractivity contribution is 6.38. The Morgan fingerprint density at radius 2 is 2.00 bits per heavy atom. The molecule has 0 N–H and O–H groups in total. The van der Waals surface area contributed by atoms with E-state index < -0.39 is 0 Å². The molecule has 0 fully saturated rings. The zero-order valence-electron chi connectivity index (χ0n) is 12.6. The summed E-state index contributed by atoms with van der Waals surface area (Å²) in [5.74, 6) is 0. The molecule has 0 amide bonds. The van der Waals surface area contributed by atoms with Gasteiger partial charge in [-0.15, -0.1) is 0 Å². The monoisotopic (exact) mass is 300 g/mol. The lowest BCUT2D eigenvalue weighted by Gasteiger charge is -2.06. The molecule has 0 saturated heterocycles. The van der Waals surface area contributed by atoms with Crippen LogP contribution in [0.1, 0.15) is 11.3 Å². The molecule has 0 bridgehead atoms. The maximum absolute atomic E-state index is 12.6. The van der Waals surface area contributed by atoms with Crippen LogP contribution in [-0.4, -0.2) is 26.8 Å². The van der Waals surface area contributed by atoms with Gasteiger partial charge in [-0.1, -0.05) is 11.5 Å². The van der Waals surface area contributed by atoms with Crippen LogP contribution in [0, 0.1) is 6.92 Å². The predicted octanol–water partition coefficient (Wildman–Crippen LogP) is 1.19.